The third-order valence-electron chi connectivity index (χ3n) is 2.82. The number of hydrogen-bond acceptors (Lipinski definition) is 4. The Bertz CT molecular complexity index is 435. The normalized spacial score (nSPS) is 14.9. The van der Waals surface area contributed by atoms with Crippen molar-refractivity contribution in [1.82, 2.24) is 15.1 Å². The first-order valence-corrected chi connectivity index (χ1v) is 5.45. The molecule has 5 heteroatoms. The Kier molecular flexibility index (Phi) is 3.05. The third kappa shape index (κ3) is 1.99. The average Bonchev–Trinajstić information content (AvgIpc) is 2.96. The standard InChI is InChI=1S/C11H16N4O/c1-3-7(2)9(12)11-14-10(15-16-11)8-5-4-6-13-8/h4-7,9,13H,3,12H2,1-2H3/t7?,9-/m0/s1. The highest BCUT2D eigenvalue weighted by Gasteiger charge is 2.20. The minimum Gasteiger partial charge on any atom is -0.359 e. The predicted molar refractivity (Wildman–Crippen MR) is 60.5 cm³/mol. The van der Waals surface area contributed by atoms with Crippen molar-refractivity contribution < 1.29 is 4.52 Å². The van der Waals surface area contributed by atoms with Crippen LogP contribution in [-0.2, 0) is 0 Å². The van der Waals surface area contributed by atoms with E-state index in [1.165, 1.54) is 0 Å². The van der Waals surface area contributed by atoms with Crippen molar-refractivity contribution in [3.8, 4) is 11.5 Å². The Balaban J connectivity index is 2.20. The SMILES string of the molecule is CCC(C)[C@H](N)c1nc(-c2ccc[nH]2)no1. The van der Waals surface area contributed by atoms with E-state index in [2.05, 4.69) is 29.0 Å². The van der Waals surface area contributed by atoms with Crippen LogP contribution < -0.4 is 5.73 Å². The Hall–Kier alpha value is -1.62. The average molecular weight is 220 g/mol. The minimum absolute atomic E-state index is 0.193. The highest BCUT2D eigenvalue weighted by Crippen LogP contribution is 2.22. The third-order valence-corrected chi connectivity index (χ3v) is 2.82. The number of rotatable bonds is 4. The van der Waals surface area contributed by atoms with Gasteiger partial charge >= 0.3 is 0 Å². The summed E-state index contributed by atoms with van der Waals surface area (Å²) in [5, 5.41) is 3.90. The van der Waals surface area contributed by atoms with Gasteiger partial charge in [-0.2, -0.15) is 4.98 Å². The van der Waals surface area contributed by atoms with Gasteiger partial charge in [0.05, 0.1) is 11.7 Å². The summed E-state index contributed by atoms with van der Waals surface area (Å²) in [6, 6.07) is 3.59. The lowest BCUT2D eigenvalue weighted by Gasteiger charge is -2.12. The zero-order valence-electron chi connectivity index (χ0n) is 9.47. The van der Waals surface area contributed by atoms with E-state index < -0.39 is 0 Å². The number of aromatic nitrogens is 3. The van der Waals surface area contributed by atoms with Crippen LogP contribution in [0.4, 0.5) is 0 Å². The summed E-state index contributed by atoms with van der Waals surface area (Å²) in [6.45, 7) is 4.16. The smallest absolute Gasteiger partial charge is 0.244 e. The van der Waals surface area contributed by atoms with E-state index in [0.717, 1.165) is 12.1 Å². The summed E-state index contributed by atoms with van der Waals surface area (Å²) in [5.74, 6) is 1.38. The first kappa shape index (κ1) is 10.9. The highest BCUT2D eigenvalue weighted by molar-refractivity contribution is 5.47. The molecule has 0 aliphatic heterocycles. The van der Waals surface area contributed by atoms with Crippen molar-refractivity contribution in [2.24, 2.45) is 11.7 Å². The molecule has 5 nitrogen and oxygen atoms in total. The van der Waals surface area contributed by atoms with Gasteiger partial charge in [0, 0.05) is 6.20 Å². The molecule has 0 saturated carbocycles. The molecule has 0 aromatic carbocycles. The molecule has 0 spiro atoms. The van der Waals surface area contributed by atoms with E-state index in [1.807, 2.05) is 18.3 Å². The van der Waals surface area contributed by atoms with E-state index >= 15 is 0 Å². The number of hydrogen-bond donors (Lipinski definition) is 2. The second-order valence-electron chi connectivity index (χ2n) is 3.95. The van der Waals surface area contributed by atoms with E-state index in [9.17, 15) is 0 Å². The Labute approximate surface area is 94.0 Å². The molecule has 0 aliphatic carbocycles. The lowest BCUT2D eigenvalue weighted by molar-refractivity contribution is 0.312. The van der Waals surface area contributed by atoms with Crippen molar-refractivity contribution >= 4 is 0 Å². The van der Waals surface area contributed by atoms with Gasteiger partial charge in [0.1, 0.15) is 0 Å². The van der Waals surface area contributed by atoms with Crippen molar-refractivity contribution in [3.63, 3.8) is 0 Å². The van der Waals surface area contributed by atoms with Crippen molar-refractivity contribution in [2.75, 3.05) is 0 Å². The monoisotopic (exact) mass is 220 g/mol. The maximum absolute atomic E-state index is 6.01. The first-order valence-electron chi connectivity index (χ1n) is 5.45. The first-order chi connectivity index (χ1) is 7.72. The molecule has 2 rings (SSSR count). The molecular weight excluding hydrogens is 204 g/mol. The molecule has 0 saturated heterocycles. The molecule has 0 fully saturated rings. The Morgan fingerprint density at radius 1 is 1.56 bits per heavy atom. The summed E-state index contributed by atoms with van der Waals surface area (Å²) in [4.78, 5) is 7.31. The molecule has 2 aromatic rings. The fraction of sp³-hybridized carbons (Fsp3) is 0.455. The summed E-state index contributed by atoms with van der Waals surface area (Å²) < 4.78 is 5.17. The number of nitrogens with zero attached hydrogens (tertiary/aromatic N) is 2. The summed E-state index contributed by atoms with van der Waals surface area (Å²) in [5.41, 5.74) is 6.85. The van der Waals surface area contributed by atoms with Gasteiger partial charge in [0.25, 0.3) is 0 Å². The molecule has 2 heterocycles. The molecule has 0 amide bonds. The predicted octanol–water partition coefficient (Wildman–Crippen LogP) is 2.11. The molecule has 86 valence electrons. The number of nitrogens with two attached hydrogens (primary N) is 1. The van der Waals surface area contributed by atoms with Crippen molar-refractivity contribution in [3.05, 3.63) is 24.2 Å². The quantitative estimate of drug-likeness (QED) is 0.826. The van der Waals surface area contributed by atoms with Gasteiger partial charge in [-0.3, -0.25) is 0 Å². The lowest BCUT2D eigenvalue weighted by atomic mass is 10.0. The summed E-state index contributed by atoms with van der Waals surface area (Å²) >= 11 is 0. The van der Waals surface area contributed by atoms with E-state index in [0.29, 0.717) is 17.6 Å². The zero-order valence-corrected chi connectivity index (χ0v) is 9.47. The van der Waals surface area contributed by atoms with Gasteiger partial charge in [0.2, 0.25) is 11.7 Å². The fourth-order valence-electron chi connectivity index (χ4n) is 1.45. The van der Waals surface area contributed by atoms with Gasteiger partial charge in [-0.15, -0.1) is 0 Å². The molecular formula is C11H16N4O. The van der Waals surface area contributed by atoms with E-state index in [4.69, 9.17) is 10.3 Å². The Morgan fingerprint density at radius 2 is 2.38 bits per heavy atom. The largest absolute Gasteiger partial charge is 0.359 e. The van der Waals surface area contributed by atoms with Gasteiger partial charge in [0.15, 0.2) is 0 Å². The maximum atomic E-state index is 6.01. The number of aromatic amines is 1. The second-order valence-corrected chi connectivity index (χ2v) is 3.95. The summed E-state index contributed by atoms with van der Waals surface area (Å²) in [7, 11) is 0. The molecule has 3 N–H and O–H groups in total. The highest BCUT2D eigenvalue weighted by atomic mass is 16.5. The van der Waals surface area contributed by atoms with Gasteiger partial charge in [-0.25, -0.2) is 0 Å². The van der Waals surface area contributed by atoms with Crippen LogP contribution in [0.3, 0.4) is 0 Å². The van der Waals surface area contributed by atoms with Gasteiger partial charge in [-0.05, 0) is 18.1 Å². The molecule has 0 aliphatic rings. The van der Waals surface area contributed by atoms with E-state index in [1.54, 1.807) is 0 Å². The maximum Gasteiger partial charge on any atom is 0.244 e. The van der Waals surface area contributed by atoms with Crippen LogP contribution in [0.2, 0.25) is 0 Å². The van der Waals surface area contributed by atoms with Crippen LogP contribution in [0.1, 0.15) is 32.2 Å². The van der Waals surface area contributed by atoms with Crippen LogP contribution in [-0.4, -0.2) is 15.1 Å². The zero-order chi connectivity index (χ0) is 11.5. The van der Waals surface area contributed by atoms with Crippen LogP contribution in [0.15, 0.2) is 22.9 Å². The lowest BCUT2D eigenvalue weighted by Crippen LogP contribution is -2.18. The fourth-order valence-corrected chi connectivity index (χ4v) is 1.45. The van der Waals surface area contributed by atoms with Crippen LogP contribution in [0.5, 0.6) is 0 Å². The minimum atomic E-state index is -0.193. The van der Waals surface area contributed by atoms with Crippen LogP contribution >= 0.6 is 0 Å². The molecule has 0 radical (unpaired) electrons. The number of nitrogens with one attached hydrogen (secondary N) is 1. The van der Waals surface area contributed by atoms with Crippen molar-refractivity contribution in [2.45, 2.75) is 26.3 Å². The van der Waals surface area contributed by atoms with Crippen LogP contribution in [0, 0.1) is 5.92 Å². The van der Waals surface area contributed by atoms with Crippen LogP contribution in [0.25, 0.3) is 11.5 Å². The van der Waals surface area contributed by atoms with E-state index in [-0.39, 0.29) is 6.04 Å². The van der Waals surface area contributed by atoms with Crippen molar-refractivity contribution in [1.29, 1.82) is 0 Å². The summed E-state index contributed by atoms with van der Waals surface area (Å²) in [6.07, 6.45) is 2.81. The topological polar surface area (TPSA) is 80.7 Å². The molecule has 2 aromatic heterocycles. The molecule has 2 atom stereocenters. The number of H-pyrrole nitrogens is 1. The van der Waals surface area contributed by atoms with Gasteiger partial charge in [-0.1, -0.05) is 25.4 Å². The van der Waals surface area contributed by atoms with Gasteiger partial charge < -0.3 is 15.2 Å². The Morgan fingerprint density at radius 3 is 3.00 bits per heavy atom. The molecule has 0 bridgehead atoms. The molecule has 1 unspecified atom stereocenters. The second kappa shape index (κ2) is 4.49. The molecule has 16 heavy (non-hydrogen) atoms.